The van der Waals surface area contributed by atoms with E-state index in [0.29, 0.717) is 0 Å². The molecule has 1 heteroatoms. The Bertz CT molecular complexity index is 310. The molecule has 0 radical (unpaired) electrons. The molecule has 0 N–H and O–H groups in total. The van der Waals surface area contributed by atoms with Crippen LogP contribution in [0.1, 0.15) is 32.1 Å². The first-order chi connectivity index (χ1) is 8.11. The first-order valence-corrected chi connectivity index (χ1v) is 14.6. The molecule has 2 rings (SSSR count). The third kappa shape index (κ3) is 6.81. The van der Waals surface area contributed by atoms with Crippen molar-refractivity contribution in [2.45, 2.75) is 48.4 Å². The van der Waals surface area contributed by atoms with Gasteiger partial charge < -0.3 is 0 Å². The summed E-state index contributed by atoms with van der Waals surface area (Å²) < 4.78 is 1.73. The van der Waals surface area contributed by atoms with Crippen LogP contribution in [0, 0.1) is 0 Å². The van der Waals surface area contributed by atoms with Gasteiger partial charge in [0.2, 0.25) is 0 Å². The molecule has 0 aromatic carbocycles. The van der Waals surface area contributed by atoms with Crippen LogP contribution < -0.4 is 0 Å². The summed E-state index contributed by atoms with van der Waals surface area (Å²) in [5, 5.41) is 0. The Morgan fingerprint density at radius 3 is 1.76 bits per heavy atom. The van der Waals surface area contributed by atoms with Crippen LogP contribution in [0.25, 0.3) is 0 Å². The van der Waals surface area contributed by atoms with E-state index < -0.39 is 15.3 Å². The van der Waals surface area contributed by atoms with E-state index in [0.717, 1.165) is 0 Å². The molecular formula is C16H26Ir. The van der Waals surface area contributed by atoms with Crippen molar-refractivity contribution in [1.82, 2.24) is 0 Å². The van der Waals surface area contributed by atoms with Gasteiger partial charge in [-0.25, -0.2) is 0 Å². The van der Waals surface area contributed by atoms with Gasteiger partial charge in [-0.05, 0) is 25.7 Å². The molecule has 0 aromatic rings. The molecule has 0 spiro atoms. The van der Waals surface area contributed by atoms with Gasteiger partial charge >= 0.3 is 60.3 Å². The molecule has 0 amide bonds. The number of rotatable bonds is 1. The van der Waals surface area contributed by atoms with E-state index in [4.69, 9.17) is 0 Å². The van der Waals surface area contributed by atoms with E-state index >= 15 is 0 Å². The molecule has 2 aliphatic carbocycles. The van der Waals surface area contributed by atoms with Gasteiger partial charge in [-0.1, -0.05) is 24.3 Å². The van der Waals surface area contributed by atoms with Crippen molar-refractivity contribution in [2.75, 3.05) is 0 Å². The zero-order valence-corrected chi connectivity index (χ0v) is 13.8. The van der Waals surface area contributed by atoms with Gasteiger partial charge in [0.05, 0.1) is 0 Å². The van der Waals surface area contributed by atoms with Crippen LogP contribution >= 0.6 is 0 Å². The molecule has 2 aliphatic rings. The Balaban J connectivity index is 0.000000171. The van der Waals surface area contributed by atoms with Crippen molar-refractivity contribution in [3.63, 3.8) is 0 Å². The van der Waals surface area contributed by atoms with Gasteiger partial charge in [0, 0.05) is 0 Å². The van der Waals surface area contributed by atoms with Crippen molar-refractivity contribution in [2.24, 2.45) is 0 Å². The summed E-state index contributed by atoms with van der Waals surface area (Å²) in [5.41, 5.74) is 7.33. The predicted octanol–water partition coefficient (Wildman–Crippen LogP) is 5.80. The fourth-order valence-electron chi connectivity index (χ4n) is 1.66. The van der Waals surface area contributed by atoms with Crippen LogP contribution in [0.15, 0.2) is 46.6 Å². The molecule has 0 heterocycles. The average Bonchev–Trinajstić information content (AvgIpc) is 2.68. The summed E-state index contributed by atoms with van der Waals surface area (Å²) in [5.74, 6) is 0. The van der Waals surface area contributed by atoms with Gasteiger partial charge in [0.25, 0.3) is 0 Å². The molecule has 0 fully saturated rings. The van der Waals surface area contributed by atoms with E-state index in [2.05, 4.69) is 58.8 Å². The molecule has 0 nitrogen and oxygen atoms in total. The standard InChI is InChI=1S/C8H12.C5H5.3CH3.Ir/c1-2-4-6-8-7-5-3-1;1-2-4-5-3-1;;;;/h1-4H,5-8H2;1-3H,4H2;3*1H3;/b3-1-,4-2-;;;;;. The van der Waals surface area contributed by atoms with E-state index in [9.17, 15) is 0 Å². The monoisotopic (exact) mass is 411 g/mol. The van der Waals surface area contributed by atoms with Crippen LogP contribution in [0.2, 0.25) is 16.3 Å². The quantitative estimate of drug-likeness (QED) is 0.512. The topological polar surface area (TPSA) is 0 Å². The molecule has 0 saturated carbocycles. The SMILES string of the molecule is C1=C\CCCC\C=C/1.[CH3][Ir]([CH3])([CH3])[C]1=CC=CC1. The van der Waals surface area contributed by atoms with Crippen molar-refractivity contribution in [3.05, 3.63) is 46.6 Å². The van der Waals surface area contributed by atoms with E-state index in [1.165, 1.54) is 32.1 Å². The first-order valence-electron chi connectivity index (χ1n) is 6.20. The summed E-state index contributed by atoms with van der Waals surface area (Å²) >= 11 is -1.38. The van der Waals surface area contributed by atoms with Gasteiger partial charge in [0.15, 0.2) is 0 Å². The van der Waals surface area contributed by atoms with E-state index in [-0.39, 0.29) is 0 Å². The second-order valence-corrected chi connectivity index (χ2v) is 17.2. The van der Waals surface area contributed by atoms with Crippen LogP contribution in [0.3, 0.4) is 0 Å². The Morgan fingerprint density at radius 2 is 1.41 bits per heavy atom. The van der Waals surface area contributed by atoms with Gasteiger partial charge in [-0.15, -0.1) is 0 Å². The average molecular weight is 411 g/mol. The normalized spacial score (nSPS) is 23.8. The second kappa shape index (κ2) is 7.84. The van der Waals surface area contributed by atoms with Crippen molar-refractivity contribution in [3.8, 4) is 0 Å². The first kappa shape index (κ1) is 14.7. The Morgan fingerprint density at radius 1 is 0.824 bits per heavy atom. The summed E-state index contributed by atoms with van der Waals surface area (Å²) in [6.07, 6.45) is 22.0. The molecule has 0 bridgehead atoms. The minimum atomic E-state index is -1.38. The Kier molecular flexibility index (Phi) is 6.77. The summed E-state index contributed by atoms with van der Waals surface area (Å²) in [4.78, 5) is 0. The molecule has 0 atom stereocenters. The number of hydrogen-bond donors (Lipinski definition) is 0. The van der Waals surface area contributed by atoms with Crippen LogP contribution in [-0.4, -0.2) is 0 Å². The van der Waals surface area contributed by atoms with Gasteiger partial charge in [0.1, 0.15) is 0 Å². The molecule has 99 valence electrons. The van der Waals surface area contributed by atoms with Crippen LogP contribution in [0.5, 0.6) is 0 Å². The van der Waals surface area contributed by atoms with E-state index in [1.54, 1.807) is 4.09 Å². The van der Waals surface area contributed by atoms with Crippen molar-refractivity contribution in [1.29, 1.82) is 0 Å². The molecule has 17 heavy (non-hydrogen) atoms. The van der Waals surface area contributed by atoms with Crippen molar-refractivity contribution < 1.29 is 15.3 Å². The predicted molar refractivity (Wildman–Crippen MR) is 76.2 cm³/mol. The molecule has 0 saturated heterocycles. The van der Waals surface area contributed by atoms with Crippen LogP contribution in [0.4, 0.5) is 0 Å². The zero-order chi connectivity index (χ0) is 12.6. The summed E-state index contributed by atoms with van der Waals surface area (Å²) in [7, 11) is 0. The fourth-order valence-corrected chi connectivity index (χ4v) is 4.83. The van der Waals surface area contributed by atoms with Gasteiger partial charge in [-0.2, -0.15) is 0 Å². The van der Waals surface area contributed by atoms with Crippen molar-refractivity contribution >= 4 is 0 Å². The fraction of sp³-hybridized carbons (Fsp3) is 0.500. The maximum atomic E-state index is 2.44. The van der Waals surface area contributed by atoms with Gasteiger partial charge in [-0.3, -0.25) is 0 Å². The number of hydrogen-bond acceptors (Lipinski definition) is 0. The maximum absolute atomic E-state index is 2.44. The second-order valence-electron chi connectivity index (χ2n) is 4.86. The minimum absolute atomic E-state index is 1.24. The third-order valence-electron chi connectivity index (χ3n) is 2.73. The Hall–Kier alpha value is -0.391. The Labute approximate surface area is 110 Å². The van der Waals surface area contributed by atoms with E-state index in [1.807, 2.05) is 0 Å². The van der Waals surface area contributed by atoms with Crippen LogP contribution in [-0.2, 0) is 15.3 Å². The molecule has 0 aromatic heterocycles. The molecule has 0 aliphatic heterocycles. The third-order valence-corrected chi connectivity index (χ3v) is 8.23. The molecular weight excluding hydrogens is 384 g/mol. The summed E-state index contributed by atoms with van der Waals surface area (Å²) in [6.45, 7) is 0. The zero-order valence-electron chi connectivity index (χ0n) is 11.4. The molecule has 0 unspecified atom stereocenters. The number of allylic oxidation sites excluding steroid dienone is 8. The summed E-state index contributed by atoms with van der Waals surface area (Å²) in [6, 6.07) is 0.